The van der Waals surface area contributed by atoms with Gasteiger partial charge in [-0.05, 0) is 31.5 Å². The summed E-state index contributed by atoms with van der Waals surface area (Å²) in [5.74, 6) is -4.40. The molecule has 15 nitrogen and oxygen atoms in total. The number of hydrogen-bond acceptors (Lipinski definition) is 11. The molecule has 2 saturated heterocycles. The van der Waals surface area contributed by atoms with E-state index >= 15 is 0 Å². The van der Waals surface area contributed by atoms with Crippen LogP contribution in [0.2, 0.25) is 0 Å². The van der Waals surface area contributed by atoms with Crippen LogP contribution < -0.4 is 26.7 Å². The van der Waals surface area contributed by atoms with Crippen molar-refractivity contribution in [2.75, 3.05) is 7.11 Å². The number of benzene rings is 2. The number of hydrogen-bond donors (Lipinski definition) is 3. The van der Waals surface area contributed by atoms with Crippen LogP contribution in [0.15, 0.2) is 62.5 Å². The highest BCUT2D eigenvalue weighted by Crippen LogP contribution is 2.50. The van der Waals surface area contributed by atoms with E-state index in [0.717, 1.165) is 7.11 Å². The van der Waals surface area contributed by atoms with E-state index in [1.165, 1.54) is 34.9 Å². The molecule has 1 aromatic heterocycles. The van der Waals surface area contributed by atoms with Crippen molar-refractivity contribution < 1.29 is 43.0 Å². The molecular weight excluding hydrogens is 612 g/mol. The molecule has 0 radical (unpaired) electrons. The van der Waals surface area contributed by atoms with Crippen molar-refractivity contribution in [2.45, 2.75) is 55.1 Å². The molecule has 0 bridgehead atoms. The molecular formula is C29H28N4O11S. The fourth-order valence-electron chi connectivity index (χ4n) is 5.34. The maximum absolute atomic E-state index is 13.5. The highest BCUT2D eigenvalue weighted by molar-refractivity contribution is 8.01. The van der Waals surface area contributed by atoms with Crippen LogP contribution in [0, 0.1) is 0 Å². The van der Waals surface area contributed by atoms with E-state index in [1.807, 2.05) is 0 Å². The predicted molar refractivity (Wildman–Crippen MR) is 157 cm³/mol. The first kappa shape index (κ1) is 31.3. The summed E-state index contributed by atoms with van der Waals surface area (Å²) in [4.78, 5) is 89.8. The molecule has 0 saturated carbocycles. The van der Waals surface area contributed by atoms with Crippen LogP contribution in [0.25, 0.3) is 11.0 Å². The lowest BCUT2D eigenvalue weighted by atomic mass is 9.95. The quantitative estimate of drug-likeness (QED) is 0.170. The largest absolute Gasteiger partial charge is 0.513 e. The highest BCUT2D eigenvalue weighted by atomic mass is 32.2. The van der Waals surface area contributed by atoms with Crippen LogP contribution in [-0.2, 0) is 30.5 Å². The monoisotopic (exact) mass is 640 g/mol. The number of carboxylic acids is 1. The normalized spacial score (nSPS) is 20.5. The van der Waals surface area contributed by atoms with E-state index in [0.29, 0.717) is 10.1 Å². The molecule has 4 atom stereocenters. The lowest BCUT2D eigenvalue weighted by molar-refractivity contribution is -0.161. The summed E-state index contributed by atoms with van der Waals surface area (Å²) in [7, 11) is 1.08. The van der Waals surface area contributed by atoms with Gasteiger partial charge in [0.25, 0.3) is 5.56 Å². The van der Waals surface area contributed by atoms with Crippen molar-refractivity contribution in [2.24, 2.45) is 0 Å². The number of nitrogens with zero attached hydrogens (tertiary/aromatic N) is 2. The fourth-order valence-corrected chi connectivity index (χ4v) is 6.96. The van der Waals surface area contributed by atoms with Crippen molar-refractivity contribution in [3.63, 3.8) is 0 Å². The second kappa shape index (κ2) is 12.1. The summed E-state index contributed by atoms with van der Waals surface area (Å²) >= 11 is 1.26. The van der Waals surface area contributed by atoms with Gasteiger partial charge in [0.1, 0.15) is 23.5 Å². The first-order valence-electron chi connectivity index (χ1n) is 13.6. The maximum atomic E-state index is 13.5. The molecule has 3 heterocycles. The summed E-state index contributed by atoms with van der Waals surface area (Å²) in [5.41, 5.74) is -0.677. The number of ether oxygens (including phenoxy) is 2. The van der Waals surface area contributed by atoms with Crippen molar-refractivity contribution >= 4 is 52.6 Å². The summed E-state index contributed by atoms with van der Waals surface area (Å²) < 4.78 is 14.5. The lowest BCUT2D eigenvalue weighted by Crippen LogP contribution is -2.71. The average Bonchev–Trinajstić information content (AvgIpc) is 3.26. The van der Waals surface area contributed by atoms with E-state index in [1.54, 1.807) is 44.2 Å². The number of aromatic nitrogens is 1. The summed E-state index contributed by atoms with van der Waals surface area (Å²) in [5, 5.41) is 14.2. The summed E-state index contributed by atoms with van der Waals surface area (Å²) in [6.07, 6.45) is -1.49. The highest BCUT2D eigenvalue weighted by Gasteiger charge is 2.64. The molecule has 45 heavy (non-hydrogen) atoms. The minimum Gasteiger partial charge on any atom is -0.480 e. The SMILES string of the molecule is COC(=O)Oc1cccc2c(=O)n(CCC(=O)NC(C(=O)NC3C(=O)N4C3SC(C)(C)C4C(=O)O)c3ccccc3)c(=O)oc12. The number of thioether (sulfide) groups is 1. The topological polar surface area (TPSA) is 204 Å². The Bertz CT molecular complexity index is 1820. The Morgan fingerprint density at radius 3 is 2.44 bits per heavy atom. The van der Waals surface area contributed by atoms with Crippen LogP contribution in [0.4, 0.5) is 4.79 Å². The Hall–Kier alpha value is -5.12. The van der Waals surface area contributed by atoms with Gasteiger partial charge < -0.3 is 34.5 Å². The second-order valence-corrected chi connectivity index (χ2v) is 12.5. The fraction of sp³-hybridized carbons (Fsp3) is 0.345. The van der Waals surface area contributed by atoms with E-state index in [-0.39, 0.29) is 16.7 Å². The smallest absolute Gasteiger partial charge is 0.480 e. The van der Waals surface area contributed by atoms with Crippen molar-refractivity contribution in [3.8, 4) is 5.75 Å². The number of carbonyl (C=O) groups is 5. The third-order valence-electron chi connectivity index (χ3n) is 7.46. The molecule has 3 aromatic rings. The standard InChI is InChI=1S/C29H28N4O11S/c1-29(2)21(26(38)39)33-24(37)19(25(33)45-29)31-22(35)18(14-8-5-4-6-9-14)30-17(34)12-13-32-23(36)15-10-7-11-16(43-28(41)42-3)20(15)44-27(32)40/h4-11,18-19,21,25H,12-13H2,1-3H3,(H,30,34)(H,31,35)(H,38,39). The van der Waals surface area contributed by atoms with Gasteiger partial charge in [0.05, 0.1) is 12.5 Å². The molecule has 3 amide bonds. The summed E-state index contributed by atoms with van der Waals surface area (Å²) in [6.45, 7) is 3.02. The minimum atomic E-state index is -1.25. The van der Waals surface area contributed by atoms with Gasteiger partial charge in [-0.25, -0.2) is 19.0 Å². The first-order chi connectivity index (χ1) is 21.3. The number of methoxy groups -OCH3 is 1. The van der Waals surface area contributed by atoms with Crippen LogP contribution in [0.3, 0.4) is 0 Å². The van der Waals surface area contributed by atoms with Gasteiger partial charge >= 0.3 is 17.9 Å². The average molecular weight is 641 g/mol. The van der Waals surface area contributed by atoms with Crippen LogP contribution in [0.1, 0.15) is 31.9 Å². The van der Waals surface area contributed by atoms with Gasteiger partial charge in [-0.2, -0.15) is 0 Å². The van der Waals surface area contributed by atoms with Gasteiger partial charge in [0, 0.05) is 17.7 Å². The lowest BCUT2D eigenvalue weighted by Gasteiger charge is -2.44. The molecule has 236 valence electrons. The van der Waals surface area contributed by atoms with E-state index in [4.69, 9.17) is 9.15 Å². The molecule has 16 heteroatoms. The van der Waals surface area contributed by atoms with E-state index in [2.05, 4.69) is 15.4 Å². The zero-order chi connectivity index (χ0) is 32.6. The third kappa shape index (κ3) is 5.87. The van der Waals surface area contributed by atoms with Gasteiger partial charge in [-0.15, -0.1) is 11.8 Å². The minimum absolute atomic E-state index is 0.0877. The number of carbonyl (C=O) groups excluding carboxylic acids is 4. The van der Waals surface area contributed by atoms with E-state index < -0.39 is 82.4 Å². The molecule has 3 N–H and O–H groups in total. The van der Waals surface area contributed by atoms with Crippen LogP contribution >= 0.6 is 11.8 Å². The Morgan fingerprint density at radius 2 is 1.78 bits per heavy atom. The van der Waals surface area contributed by atoms with Gasteiger partial charge in [0.15, 0.2) is 11.3 Å². The molecule has 2 aliphatic rings. The molecule has 2 aliphatic heterocycles. The second-order valence-electron chi connectivity index (χ2n) is 10.8. The van der Waals surface area contributed by atoms with Crippen molar-refractivity contribution in [1.29, 1.82) is 0 Å². The number of aliphatic carboxylic acids is 1. The number of rotatable bonds is 9. The Kier molecular flexibility index (Phi) is 8.42. The van der Waals surface area contributed by atoms with Crippen LogP contribution in [-0.4, -0.2) is 73.7 Å². The number of carboxylic acid groups (broad SMARTS) is 1. The zero-order valence-electron chi connectivity index (χ0n) is 24.2. The first-order valence-corrected chi connectivity index (χ1v) is 14.5. The molecule has 2 fully saturated rings. The molecule has 5 rings (SSSR count). The van der Waals surface area contributed by atoms with E-state index in [9.17, 15) is 38.7 Å². The maximum Gasteiger partial charge on any atom is 0.513 e. The Morgan fingerprint density at radius 1 is 1.07 bits per heavy atom. The molecule has 2 aromatic carbocycles. The van der Waals surface area contributed by atoms with Gasteiger partial charge in [-0.1, -0.05) is 36.4 Å². The number of para-hydroxylation sites is 1. The van der Waals surface area contributed by atoms with Crippen molar-refractivity contribution in [1.82, 2.24) is 20.1 Å². The van der Waals surface area contributed by atoms with Crippen molar-refractivity contribution in [3.05, 3.63) is 75.0 Å². The zero-order valence-corrected chi connectivity index (χ0v) is 25.0. The number of amides is 3. The number of fused-ring (bicyclic) bond motifs is 2. The van der Waals surface area contributed by atoms with Gasteiger partial charge in [-0.3, -0.25) is 19.2 Å². The number of nitrogens with one attached hydrogen (secondary N) is 2. The number of β-lactam (4-membered cyclic amide) rings is 1. The Balaban J connectivity index is 1.31. The van der Waals surface area contributed by atoms with Crippen LogP contribution in [0.5, 0.6) is 5.75 Å². The molecule has 0 aliphatic carbocycles. The van der Waals surface area contributed by atoms with Gasteiger partial charge in [0.2, 0.25) is 17.7 Å². The Labute approximate surface area is 258 Å². The predicted octanol–water partition coefficient (Wildman–Crippen LogP) is 0.979. The summed E-state index contributed by atoms with van der Waals surface area (Å²) in [6, 6.07) is 8.98. The molecule has 0 spiro atoms. The molecule has 4 unspecified atom stereocenters. The third-order valence-corrected chi connectivity index (χ3v) is 9.03.